The zero-order chi connectivity index (χ0) is 16.9. The summed E-state index contributed by atoms with van der Waals surface area (Å²) in [5.41, 5.74) is 1.69. The molecule has 1 aromatic carbocycles. The first-order chi connectivity index (χ1) is 11.7. The summed E-state index contributed by atoms with van der Waals surface area (Å²) < 4.78 is 5.76. The first-order valence-electron chi connectivity index (χ1n) is 8.39. The topological polar surface area (TPSA) is 42.4 Å². The Bertz CT molecular complexity index is 727. The monoisotopic (exact) mass is 344 g/mol. The van der Waals surface area contributed by atoms with Crippen molar-refractivity contribution in [3.05, 3.63) is 52.7 Å². The minimum absolute atomic E-state index is 0.0105. The van der Waals surface area contributed by atoms with E-state index in [1.807, 2.05) is 29.2 Å². The number of hydrogen-bond donors (Lipinski definition) is 0. The number of ether oxygens (including phenoxy) is 1. The van der Waals surface area contributed by atoms with Crippen LogP contribution in [0.3, 0.4) is 0 Å². The molecule has 1 aliphatic rings. The van der Waals surface area contributed by atoms with Crippen LogP contribution in [0.1, 0.15) is 42.1 Å². The van der Waals surface area contributed by atoms with Gasteiger partial charge in [-0.3, -0.25) is 4.79 Å². The van der Waals surface area contributed by atoms with E-state index in [0.717, 1.165) is 32.4 Å². The highest BCUT2D eigenvalue weighted by atomic mass is 35.5. The highest BCUT2D eigenvalue weighted by molar-refractivity contribution is 6.32. The van der Waals surface area contributed by atoms with Gasteiger partial charge in [-0.25, -0.2) is 4.98 Å². The number of benzene rings is 1. The molecule has 0 N–H and O–H groups in total. The van der Waals surface area contributed by atoms with Crippen LogP contribution in [-0.2, 0) is 6.42 Å². The van der Waals surface area contributed by atoms with Gasteiger partial charge in [-0.2, -0.15) is 0 Å². The number of aryl methyl sites for hydroxylation is 1. The number of hydrogen-bond acceptors (Lipinski definition) is 3. The van der Waals surface area contributed by atoms with Crippen LogP contribution in [0.4, 0.5) is 0 Å². The summed E-state index contributed by atoms with van der Waals surface area (Å²) in [7, 11) is 0. The smallest absolute Gasteiger partial charge is 0.255 e. The first kappa shape index (κ1) is 16.8. The third-order valence-corrected chi connectivity index (χ3v) is 4.49. The van der Waals surface area contributed by atoms with Gasteiger partial charge in [-0.1, -0.05) is 30.7 Å². The quantitative estimate of drug-likeness (QED) is 0.806. The second kappa shape index (κ2) is 7.67. The largest absolute Gasteiger partial charge is 0.438 e. The maximum atomic E-state index is 12.5. The second-order valence-corrected chi connectivity index (χ2v) is 6.37. The summed E-state index contributed by atoms with van der Waals surface area (Å²) in [5.74, 6) is 1.00. The number of nitrogens with zero attached hydrogens (tertiary/aromatic N) is 2. The number of halogens is 1. The molecule has 1 fully saturated rings. The molecule has 0 atom stereocenters. The Kier molecular flexibility index (Phi) is 5.36. The summed E-state index contributed by atoms with van der Waals surface area (Å²) in [5, 5.41) is 0.347. The van der Waals surface area contributed by atoms with Crippen LogP contribution >= 0.6 is 11.6 Å². The molecule has 0 saturated carbocycles. The Labute approximate surface area is 147 Å². The number of likely N-dealkylation sites (tertiary alicyclic amines) is 1. The van der Waals surface area contributed by atoms with Crippen LogP contribution in [-0.4, -0.2) is 28.9 Å². The lowest BCUT2D eigenvalue weighted by molar-refractivity contribution is 0.0724. The number of rotatable bonds is 4. The van der Waals surface area contributed by atoms with Crippen LogP contribution in [0.15, 0.2) is 36.5 Å². The molecule has 0 unspecified atom stereocenters. The average molecular weight is 345 g/mol. The standard InChI is InChI=1S/C19H21ClN2O2/c1-2-14-7-6-8-16(11-14)24-18-17(20)12-15(13-21-18)19(23)22-9-4-3-5-10-22/h6-8,11-13H,2-5,9-10H2,1H3. The average Bonchev–Trinajstić information content (AvgIpc) is 2.63. The molecule has 1 saturated heterocycles. The molecular formula is C19H21ClN2O2. The van der Waals surface area contributed by atoms with E-state index in [2.05, 4.69) is 11.9 Å². The van der Waals surface area contributed by atoms with Gasteiger partial charge in [-0.05, 0) is 49.4 Å². The maximum Gasteiger partial charge on any atom is 0.255 e. The molecule has 2 heterocycles. The molecule has 1 aliphatic heterocycles. The SMILES string of the molecule is CCc1cccc(Oc2ncc(C(=O)N3CCCCC3)cc2Cl)c1. The van der Waals surface area contributed by atoms with Gasteiger partial charge in [0.2, 0.25) is 5.88 Å². The van der Waals surface area contributed by atoms with Crippen LogP contribution in [0.2, 0.25) is 5.02 Å². The van der Waals surface area contributed by atoms with Gasteiger partial charge in [0, 0.05) is 19.3 Å². The van der Waals surface area contributed by atoms with Crippen molar-refractivity contribution >= 4 is 17.5 Å². The highest BCUT2D eigenvalue weighted by Crippen LogP contribution is 2.28. The minimum atomic E-state index is -0.0105. The van der Waals surface area contributed by atoms with E-state index in [1.165, 1.54) is 12.0 Å². The van der Waals surface area contributed by atoms with E-state index in [4.69, 9.17) is 16.3 Å². The van der Waals surface area contributed by atoms with Crippen LogP contribution in [0.25, 0.3) is 0 Å². The number of carbonyl (C=O) groups is 1. The molecule has 4 nitrogen and oxygen atoms in total. The van der Waals surface area contributed by atoms with Crippen molar-refractivity contribution in [3.63, 3.8) is 0 Å². The van der Waals surface area contributed by atoms with Crippen LogP contribution < -0.4 is 4.74 Å². The lowest BCUT2D eigenvalue weighted by Crippen LogP contribution is -2.35. The van der Waals surface area contributed by atoms with E-state index in [0.29, 0.717) is 22.2 Å². The molecule has 0 spiro atoms. The Morgan fingerprint density at radius 1 is 1.25 bits per heavy atom. The van der Waals surface area contributed by atoms with Gasteiger partial charge >= 0.3 is 0 Å². The Hall–Kier alpha value is -2.07. The molecular weight excluding hydrogens is 324 g/mol. The lowest BCUT2D eigenvalue weighted by atomic mass is 10.1. The summed E-state index contributed by atoms with van der Waals surface area (Å²) in [6.07, 6.45) is 5.78. The van der Waals surface area contributed by atoms with Crippen molar-refractivity contribution in [1.29, 1.82) is 0 Å². The van der Waals surface area contributed by atoms with Crippen molar-refractivity contribution in [1.82, 2.24) is 9.88 Å². The van der Waals surface area contributed by atoms with Gasteiger partial charge in [0.1, 0.15) is 10.8 Å². The fourth-order valence-corrected chi connectivity index (χ4v) is 3.04. The first-order valence-corrected chi connectivity index (χ1v) is 8.77. The van der Waals surface area contributed by atoms with Gasteiger partial charge in [-0.15, -0.1) is 0 Å². The zero-order valence-corrected chi connectivity index (χ0v) is 14.6. The normalized spacial score (nSPS) is 14.5. The third kappa shape index (κ3) is 3.88. The summed E-state index contributed by atoms with van der Waals surface area (Å²) in [6, 6.07) is 9.46. The van der Waals surface area contributed by atoms with Gasteiger partial charge < -0.3 is 9.64 Å². The summed E-state index contributed by atoms with van der Waals surface area (Å²) >= 11 is 6.28. The second-order valence-electron chi connectivity index (χ2n) is 5.97. The molecule has 3 rings (SSSR count). The highest BCUT2D eigenvalue weighted by Gasteiger charge is 2.19. The van der Waals surface area contributed by atoms with E-state index in [-0.39, 0.29) is 5.91 Å². The van der Waals surface area contributed by atoms with Crippen LogP contribution in [0.5, 0.6) is 11.6 Å². The molecule has 0 bridgehead atoms. The Balaban J connectivity index is 1.75. The van der Waals surface area contributed by atoms with E-state index < -0.39 is 0 Å². The number of piperidine rings is 1. The fraction of sp³-hybridized carbons (Fsp3) is 0.368. The molecule has 2 aromatic rings. The fourth-order valence-electron chi connectivity index (χ4n) is 2.84. The summed E-state index contributed by atoms with van der Waals surface area (Å²) in [4.78, 5) is 18.6. The van der Waals surface area contributed by atoms with E-state index in [9.17, 15) is 4.79 Å². The van der Waals surface area contributed by atoms with Crippen molar-refractivity contribution in [2.45, 2.75) is 32.6 Å². The lowest BCUT2D eigenvalue weighted by Gasteiger charge is -2.26. The number of carbonyl (C=O) groups excluding carboxylic acids is 1. The molecule has 24 heavy (non-hydrogen) atoms. The van der Waals surface area contributed by atoms with E-state index >= 15 is 0 Å². The molecule has 126 valence electrons. The van der Waals surface area contributed by atoms with Crippen molar-refractivity contribution < 1.29 is 9.53 Å². The van der Waals surface area contributed by atoms with Crippen molar-refractivity contribution in [2.24, 2.45) is 0 Å². The molecule has 1 aromatic heterocycles. The van der Waals surface area contributed by atoms with Gasteiger partial charge in [0.05, 0.1) is 5.56 Å². The summed E-state index contributed by atoms with van der Waals surface area (Å²) in [6.45, 7) is 3.70. The van der Waals surface area contributed by atoms with Crippen molar-refractivity contribution in [2.75, 3.05) is 13.1 Å². The van der Waals surface area contributed by atoms with Gasteiger partial charge in [0.15, 0.2) is 0 Å². The van der Waals surface area contributed by atoms with Gasteiger partial charge in [0.25, 0.3) is 5.91 Å². The number of aromatic nitrogens is 1. The Morgan fingerprint density at radius 2 is 2.04 bits per heavy atom. The molecule has 1 amide bonds. The predicted octanol–water partition coefficient (Wildman–Crippen LogP) is 4.72. The molecule has 0 aliphatic carbocycles. The minimum Gasteiger partial charge on any atom is -0.438 e. The van der Waals surface area contributed by atoms with Crippen molar-refractivity contribution in [3.8, 4) is 11.6 Å². The predicted molar refractivity (Wildman–Crippen MR) is 94.9 cm³/mol. The van der Waals surface area contributed by atoms with E-state index in [1.54, 1.807) is 12.3 Å². The van der Waals surface area contributed by atoms with Crippen LogP contribution in [0, 0.1) is 0 Å². The number of pyridine rings is 1. The molecule has 0 radical (unpaired) electrons. The third-order valence-electron chi connectivity index (χ3n) is 4.22. The number of amides is 1. The maximum absolute atomic E-state index is 12.5. The zero-order valence-electron chi connectivity index (χ0n) is 13.8. The molecule has 5 heteroatoms. The Morgan fingerprint density at radius 3 is 2.75 bits per heavy atom.